The zero-order chi connectivity index (χ0) is 23.1. The van der Waals surface area contributed by atoms with Crippen LogP contribution in [0.1, 0.15) is 38.3 Å². The first-order valence-electron chi connectivity index (χ1n) is 11.2. The van der Waals surface area contributed by atoms with Gasteiger partial charge in [0.15, 0.2) is 0 Å². The number of carboxylic acids is 1. The molecule has 0 radical (unpaired) electrons. The molecular formula is C27H31N2O2S+. The summed E-state index contributed by atoms with van der Waals surface area (Å²) in [6.07, 6.45) is 4.08. The molecule has 5 heteroatoms. The molecule has 32 heavy (non-hydrogen) atoms. The minimum Gasteiger partial charge on any atom is -0.477 e. The Kier molecular flexibility index (Phi) is 8.01. The maximum atomic E-state index is 11.5. The quantitative estimate of drug-likeness (QED) is 0.330. The molecule has 0 saturated heterocycles. The van der Waals surface area contributed by atoms with Crippen LogP contribution in [0.4, 0.5) is 5.69 Å². The lowest BCUT2D eigenvalue weighted by atomic mass is 10.1. The van der Waals surface area contributed by atoms with Crippen molar-refractivity contribution in [3.05, 3.63) is 71.2 Å². The van der Waals surface area contributed by atoms with Gasteiger partial charge in [-0.2, -0.15) is 4.57 Å². The van der Waals surface area contributed by atoms with Crippen LogP contribution >= 0.6 is 11.3 Å². The summed E-state index contributed by atoms with van der Waals surface area (Å²) in [5, 5.41) is 12.7. The Morgan fingerprint density at radius 1 is 0.969 bits per heavy atom. The molecule has 0 aliphatic carbocycles. The van der Waals surface area contributed by atoms with E-state index >= 15 is 0 Å². The zero-order valence-corrected chi connectivity index (χ0v) is 20.0. The molecule has 4 nitrogen and oxygen atoms in total. The van der Waals surface area contributed by atoms with E-state index in [2.05, 4.69) is 67.3 Å². The molecule has 0 unspecified atom stereocenters. The van der Waals surface area contributed by atoms with E-state index in [-0.39, 0.29) is 6.54 Å². The largest absolute Gasteiger partial charge is 0.477 e. The monoisotopic (exact) mass is 447 g/mol. The van der Waals surface area contributed by atoms with E-state index in [0.717, 1.165) is 44.6 Å². The van der Waals surface area contributed by atoms with Crippen molar-refractivity contribution in [1.82, 2.24) is 0 Å². The molecule has 0 amide bonds. The van der Waals surface area contributed by atoms with Gasteiger partial charge in [-0.15, -0.1) is 0 Å². The van der Waals surface area contributed by atoms with Gasteiger partial charge < -0.3 is 10.0 Å². The van der Waals surface area contributed by atoms with E-state index in [1.807, 2.05) is 42.7 Å². The summed E-state index contributed by atoms with van der Waals surface area (Å²) in [6.45, 7) is 10.2. The number of aromatic nitrogens is 1. The Morgan fingerprint density at radius 3 is 2.31 bits per heavy atom. The van der Waals surface area contributed by atoms with E-state index < -0.39 is 5.97 Å². The van der Waals surface area contributed by atoms with Crippen LogP contribution in [0.5, 0.6) is 0 Å². The van der Waals surface area contributed by atoms with Crippen LogP contribution in [0, 0.1) is 0 Å². The first kappa shape index (κ1) is 23.5. The summed E-state index contributed by atoms with van der Waals surface area (Å²) in [5.74, 6) is -0.842. The highest BCUT2D eigenvalue weighted by atomic mass is 32.1. The normalized spacial score (nSPS) is 11.0. The van der Waals surface area contributed by atoms with E-state index in [1.54, 1.807) is 11.3 Å². The topological polar surface area (TPSA) is 44.4 Å². The molecule has 3 aromatic carbocycles. The van der Waals surface area contributed by atoms with Crippen molar-refractivity contribution in [1.29, 1.82) is 0 Å². The SMILES string of the molecule is CC.CCN(CC)c1ccc(/C=C/c2sc3c4ccccc4ccc3[n+]2CC(=O)O)cc1. The third-order valence-corrected chi connectivity index (χ3v) is 6.55. The van der Waals surface area contributed by atoms with Gasteiger partial charge in [-0.25, -0.2) is 4.79 Å². The van der Waals surface area contributed by atoms with Gasteiger partial charge in [-0.05, 0) is 49.1 Å². The van der Waals surface area contributed by atoms with E-state index in [0.29, 0.717) is 0 Å². The number of nitrogens with zero attached hydrogens (tertiary/aromatic N) is 2. The molecule has 0 aliphatic heterocycles. The number of hydrogen-bond acceptors (Lipinski definition) is 3. The molecule has 1 heterocycles. The summed E-state index contributed by atoms with van der Waals surface area (Å²) in [4.78, 5) is 13.8. The molecule has 4 aromatic rings. The van der Waals surface area contributed by atoms with Crippen molar-refractivity contribution in [2.24, 2.45) is 0 Å². The number of hydrogen-bond donors (Lipinski definition) is 1. The fraction of sp³-hybridized carbons (Fsp3) is 0.259. The molecule has 1 N–H and O–H groups in total. The van der Waals surface area contributed by atoms with Gasteiger partial charge in [0.05, 0.1) is 0 Å². The van der Waals surface area contributed by atoms with Crippen molar-refractivity contribution < 1.29 is 14.5 Å². The van der Waals surface area contributed by atoms with Crippen LogP contribution in [-0.4, -0.2) is 24.2 Å². The standard InChI is InChI=1S/C25H24N2O2S.C2H6/c1-3-26(4-2)20-13-9-18(10-14-20)11-16-23-27(17-24(28)29)22-15-12-19-7-5-6-8-21(19)25(22)30-23;1-2/h5-16H,3-4,17H2,1-2H3;1-2H3/p+1. The Morgan fingerprint density at radius 2 is 1.66 bits per heavy atom. The molecule has 4 rings (SSSR count). The van der Waals surface area contributed by atoms with Gasteiger partial charge in [-0.3, -0.25) is 0 Å². The van der Waals surface area contributed by atoms with E-state index in [4.69, 9.17) is 0 Å². The number of benzene rings is 3. The number of carbonyl (C=O) groups is 1. The first-order valence-corrected chi connectivity index (χ1v) is 12.0. The van der Waals surface area contributed by atoms with E-state index in [1.165, 1.54) is 5.69 Å². The summed E-state index contributed by atoms with van der Waals surface area (Å²) >= 11 is 1.63. The fourth-order valence-corrected chi connectivity index (χ4v) is 5.00. The van der Waals surface area contributed by atoms with Crippen LogP contribution in [0.2, 0.25) is 0 Å². The van der Waals surface area contributed by atoms with E-state index in [9.17, 15) is 9.90 Å². The molecular weight excluding hydrogens is 416 g/mol. The number of thiazole rings is 1. The van der Waals surface area contributed by atoms with Gasteiger partial charge in [0.2, 0.25) is 12.1 Å². The van der Waals surface area contributed by atoms with Crippen molar-refractivity contribution in [3.8, 4) is 0 Å². The van der Waals surface area contributed by atoms with Crippen molar-refractivity contribution >= 4 is 56.1 Å². The second kappa shape index (κ2) is 10.9. The number of rotatable bonds is 7. The maximum absolute atomic E-state index is 11.5. The number of aliphatic carboxylic acids is 1. The van der Waals surface area contributed by atoms with Crippen LogP contribution in [0.25, 0.3) is 33.1 Å². The Balaban J connectivity index is 0.00000141. The average Bonchev–Trinajstić information content (AvgIpc) is 3.18. The third kappa shape index (κ3) is 5.00. The highest BCUT2D eigenvalue weighted by molar-refractivity contribution is 7.19. The first-order chi connectivity index (χ1) is 15.6. The Bertz CT molecular complexity index is 1220. The summed E-state index contributed by atoms with van der Waals surface area (Å²) in [6, 6.07) is 20.8. The molecule has 0 atom stereocenters. The van der Waals surface area contributed by atoms with Crippen LogP contribution in [-0.2, 0) is 11.3 Å². The Hall–Kier alpha value is -3.18. The second-order valence-corrected chi connectivity index (χ2v) is 8.18. The molecule has 0 spiro atoms. The highest BCUT2D eigenvalue weighted by Crippen LogP contribution is 2.30. The number of anilines is 1. The molecule has 0 fully saturated rings. The number of carboxylic acid groups (broad SMARTS) is 1. The van der Waals surface area contributed by atoms with Crippen molar-refractivity contribution in [3.63, 3.8) is 0 Å². The smallest absolute Gasteiger partial charge is 0.370 e. The lowest BCUT2D eigenvalue weighted by Crippen LogP contribution is -2.39. The van der Waals surface area contributed by atoms with Crippen LogP contribution in [0.15, 0.2) is 60.7 Å². The summed E-state index contributed by atoms with van der Waals surface area (Å²) < 4.78 is 3.00. The van der Waals surface area contributed by atoms with Crippen LogP contribution in [0.3, 0.4) is 0 Å². The van der Waals surface area contributed by atoms with Gasteiger partial charge in [0.25, 0.3) is 5.01 Å². The molecule has 1 aromatic heterocycles. The molecule has 0 aliphatic rings. The predicted octanol–water partition coefficient (Wildman–Crippen LogP) is 6.47. The molecule has 0 bridgehead atoms. The van der Waals surface area contributed by atoms with Gasteiger partial charge in [0, 0.05) is 36.3 Å². The average molecular weight is 448 g/mol. The van der Waals surface area contributed by atoms with Gasteiger partial charge in [-0.1, -0.05) is 61.6 Å². The minimum absolute atomic E-state index is 0.0566. The summed E-state index contributed by atoms with van der Waals surface area (Å²) in [7, 11) is 0. The fourth-order valence-electron chi connectivity index (χ4n) is 3.80. The molecule has 166 valence electrons. The second-order valence-electron chi connectivity index (χ2n) is 7.15. The lowest BCUT2D eigenvalue weighted by Gasteiger charge is -2.20. The molecule has 0 saturated carbocycles. The Labute approximate surface area is 194 Å². The predicted molar refractivity (Wildman–Crippen MR) is 137 cm³/mol. The minimum atomic E-state index is -0.842. The maximum Gasteiger partial charge on any atom is 0.370 e. The van der Waals surface area contributed by atoms with Gasteiger partial charge >= 0.3 is 5.97 Å². The highest BCUT2D eigenvalue weighted by Gasteiger charge is 2.22. The summed E-state index contributed by atoms with van der Waals surface area (Å²) in [5.41, 5.74) is 3.26. The lowest BCUT2D eigenvalue weighted by molar-refractivity contribution is -0.657. The van der Waals surface area contributed by atoms with Crippen molar-refractivity contribution in [2.75, 3.05) is 18.0 Å². The zero-order valence-electron chi connectivity index (χ0n) is 19.2. The van der Waals surface area contributed by atoms with Crippen LogP contribution < -0.4 is 9.47 Å². The van der Waals surface area contributed by atoms with Crippen molar-refractivity contribution in [2.45, 2.75) is 34.2 Å². The third-order valence-electron chi connectivity index (χ3n) is 5.36. The number of fused-ring (bicyclic) bond motifs is 3. The van der Waals surface area contributed by atoms with Gasteiger partial charge in [0.1, 0.15) is 4.70 Å².